The number of carbonyl (C=O) groups is 4. The molecule has 44 heavy (non-hydrogen) atoms. The van der Waals surface area contributed by atoms with Gasteiger partial charge in [0.15, 0.2) is 25.1 Å². The highest BCUT2D eigenvalue weighted by molar-refractivity contribution is 7.18. The van der Waals surface area contributed by atoms with E-state index in [9.17, 15) is 19.2 Å². The fourth-order valence-electron chi connectivity index (χ4n) is 5.39. The number of carbonyl (C=O) groups excluding carboxylic acids is 4. The van der Waals surface area contributed by atoms with E-state index in [1.54, 1.807) is 0 Å². The quantitative estimate of drug-likeness (QED) is 0.0814. The zero-order valence-corrected chi connectivity index (χ0v) is 26.9. The molecule has 6 heterocycles. The minimum atomic E-state index is 0.701. The summed E-state index contributed by atoms with van der Waals surface area (Å²) in [5, 5.41) is 0. The molecule has 0 saturated heterocycles. The first-order valence-corrected chi connectivity index (χ1v) is 17.5. The van der Waals surface area contributed by atoms with E-state index in [1.165, 1.54) is 45.3 Å². The number of aldehydes is 4. The van der Waals surface area contributed by atoms with Gasteiger partial charge in [0.1, 0.15) is 0 Å². The standard InChI is InChI=1S/C34H28N2O4S4/c37-19-23-5-13-31(41-23)27-9-10-28(32-14-6-24(20-38)42-32)35(27)17-3-1-2-4-18-36-29(33-15-7-25(21-39)43-33)11-12-30(36)34-16-8-26(22-40)44-34/h5-16,19-22H,1-4,17-18H2. The molecule has 0 N–H and O–H groups in total. The summed E-state index contributed by atoms with van der Waals surface area (Å²) in [6.07, 6.45) is 7.60. The van der Waals surface area contributed by atoms with Crippen LogP contribution in [0.1, 0.15) is 64.4 Å². The van der Waals surface area contributed by atoms with Gasteiger partial charge < -0.3 is 9.13 Å². The van der Waals surface area contributed by atoms with Crippen LogP contribution in [0.4, 0.5) is 0 Å². The second-order valence-corrected chi connectivity index (χ2v) is 14.7. The fourth-order valence-corrected chi connectivity index (χ4v) is 8.81. The molecule has 6 nitrogen and oxygen atoms in total. The van der Waals surface area contributed by atoms with Crippen molar-refractivity contribution in [3.63, 3.8) is 0 Å². The van der Waals surface area contributed by atoms with Gasteiger partial charge in [-0.15, -0.1) is 45.3 Å². The lowest BCUT2D eigenvalue weighted by Crippen LogP contribution is -2.03. The van der Waals surface area contributed by atoms with Crippen LogP contribution in [0.5, 0.6) is 0 Å². The number of rotatable bonds is 15. The summed E-state index contributed by atoms with van der Waals surface area (Å²) in [5.74, 6) is 0. The van der Waals surface area contributed by atoms with Gasteiger partial charge in [-0.2, -0.15) is 0 Å². The summed E-state index contributed by atoms with van der Waals surface area (Å²) >= 11 is 5.95. The average Bonchev–Trinajstić information content (AvgIpc) is 3.88. The predicted molar refractivity (Wildman–Crippen MR) is 182 cm³/mol. The normalized spacial score (nSPS) is 11.2. The van der Waals surface area contributed by atoms with Gasteiger partial charge >= 0.3 is 0 Å². The highest BCUT2D eigenvalue weighted by Crippen LogP contribution is 2.37. The second kappa shape index (κ2) is 13.8. The highest BCUT2D eigenvalue weighted by Gasteiger charge is 2.17. The zero-order chi connectivity index (χ0) is 30.5. The molecule has 0 radical (unpaired) electrons. The third kappa shape index (κ3) is 6.30. The Bertz CT molecular complexity index is 1660. The van der Waals surface area contributed by atoms with Crippen molar-refractivity contribution >= 4 is 70.5 Å². The van der Waals surface area contributed by atoms with Crippen LogP contribution in [0, 0.1) is 0 Å². The number of aromatic nitrogens is 2. The first kappa shape index (κ1) is 30.1. The molecule has 0 aliphatic rings. The molecular formula is C34H28N2O4S4. The molecule has 0 saturated carbocycles. The van der Waals surface area contributed by atoms with E-state index in [1.807, 2.05) is 48.5 Å². The van der Waals surface area contributed by atoms with E-state index in [-0.39, 0.29) is 0 Å². The van der Waals surface area contributed by atoms with Crippen LogP contribution in [0.3, 0.4) is 0 Å². The van der Waals surface area contributed by atoms with Gasteiger partial charge in [0, 0.05) is 13.1 Å². The Morgan fingerprint density at radius 1 is 0.386 bits per heavy atom. The molecule has 0 spiro atoms. The van der Waals surface area contributed by atoms with Gasteiger partial charge in [0.25, 0.3) is 0 Å². The first-order chi connectivity index (χ1) is 21.6. The van der Waals surface area contributed by atoms with E-state index in [4.69, 9.17) is 0 Å². The van der Waals surface area contributed by atoms with Crippen LogP contribution in [0.25, 0.3) is 42.3 Å². The molecule has 0 aliphatic carbocycles. The molecular weight excluding hydrogens is 629 g/mol. The minimum absolute atomic E-state index is 0.701. The van der Waals surface area contributed by atoms with E-state index in [2.05, 4.69) is 33.4 Å². The number of unbranched alkanes of at least 4 members (excludes halogenated alkanes) is 3. The molecule has 0 fully saturated rings. The molecule has 0 atom stereocenters. The van der Waals surface area contributed by atoms with Crippen molar-refractivity contribution in [2.75, 3.05) is 0 Å². The lowest BCUT2D eigenvalue weighted by atomic mass is 10.2. The van der Waals surface area contributed by atoms with Gasteiger partial charge in [-0.3, -0.25) is 19.2 Å². The molecule has 222 valence electrons. The van der Waals surface area contributed by atoms with Crippen LogP contribution in [-0.2, 0) is 13.1 Å². The van der Waals surface area contributed by atoms with Crippen LogP contribution < -0.4 is 0 Å². The number of thiophene rings is 4. The van der Waals surface area contributed by atoms with E-state index < -0.39 is 0 Å². The molecule has 6 aromatic rings. The number of nitrogens with zero attached hydrogens (tertiary/aromatic N) is 2. The summed E-state index contributed by atoms with van der Waals surface area (Å²) in [4.78, 5) is 52.3. The SMILES string of the molecule is O=Cc1ccc(-c2ccc(-c3ccc(C=O)s3)n2CCCCCCn2c(-c3ccc(C=O)s3)ccc2-c2ccc(C=O)s2)s1. The van der Waals surface area contributed by atoms with Crippen molar-refractivity contribution in [2.24, 2.45) is 0 Å². The largest absolute Gasteiger partial charge is 0.339 e. The van der Waals surface area contributed by atoms with Gasteiger partial charge in [0.05, 0.1) is 61.8 Å². The Hall–Kier alpha value is -3.96. The molecule has 0 aromatic carbocycles. The van der Waals surface area contributed by atoms with Crippen LogP contribution in [0.15, 0.2) is 72.8 Å². The molecule has 0 aliphatic heterocycles. The lowest BCUT2D eigenvalue weighted by Gasteiger charge is -2.14. The van der Waals surface area contributed by atoms with E-state index >= 15 is 0 Å². The molecule has 0 amide bonds. The smallest absolute Gasteiger partial charge is 0.160 e. The van der Waals surface area contributed by atoms with E-state index in [0.717, 1.165) is 106 Å². The Balaban J connectivity index is 1.16. The van der Waals surface area contributed by atoms with E-state index in [0.29, 0.717) is 19.5 Å². The Morgan fingerprint density at radius 2 is 0.659 bits per heavy atom. The highest BCUT2D eigenvalue weighted by atomic mass is 32.1. The summed E-state index contributed by atoms with van der Waals surface area (Å²) in [5.41, 5.74) is 4.32. The van der Waals surface area contributed by atoms with Crippen molar-refractivity contribution in [3.8, 4) is 42.3 Å². The Labute approximate surface area is 270 Å². The Kier molecular flexibility index (Phi) is 9.42. The maximum atomic E-state index is 11.3. The minimum Gasteiger partial charge on any atom is -0.339 e. The second-order valence-electron chi connectivity index (χ2n) is 10.2. The molecule has 0 unspecified atom stereocenters. The summed E-state index contributed by atoms with van der Waals surface area (Å²) < 4.78 is 4.62. The van der Waals surface area contributed by atoms with Crippen LogP contribution in [-0.4, -0.2) is 34.3 Å². The van der Waals surface area contributed by atoms with Gasteiger partial charge in [-0.25, -0.2) is 0 Å². The fraction of sp³-hybridized carbons (Fsp3) is 0.176. The topological polar surface area (TPSA) is 78.1 Å². The van der Waals surface area contributed by atoms with Crippen molar-refractivity contribution in [1.82, 2.24) is 9.13 Å². The Morgan fingerprint density at radius 3 is 0.886 bits per heavy atom. The van der Waals surface area contributed by atoms with Crippen LogP contribution in [0.2, 0.25) is 0 Å². The van der Waals surface area contributed by atoms with Crippen molar-refractivity contribution in [3.05, 3.63) is 92.3 Å². The summed E-state index contributed by atoms with van der Waals surface area (Å²) in [6.45, 7) is 1.65. The predicted octanol–water partition coefficient (Wildman–Crippen LogP) is 9.71. The molecule has 6 aromatic heterocycles. The molecule has 6 rings (SSSR count). The summed E-state index contributed by atoms with van der Waals surface area (Å²) in [7, 11) is 0. The van der Waals surface area contributed by atoms with Gasteiger partial charge in [0.2, 0.25) is 0 Å². The number of hydrogen-bond acceptors (Lipinski definition) is 8. The average molecular weight is 657 g/mol. The van der Waals surface area contributed by atoms with Crippen LogP contribution >= 0.6 is 45.3 Å². The monoisotopic (exact) mass is 656 g/mol. The van der Waals surface area contributed by atoms with Crippen molar-refractivity contribution < 1.29 is 19.2 Å². The van der Waals surface area contributed by atoms with Crippen molar-refractivity contribution in [2.45, 2.75) is 38.8 Å². The first-order valence-electron chi connectivity index (χ1n) is 14.2. The van der Waals surface area contributed by atoms with Gasteiger partial charge in [-0.1, -0.05) is 12.8 Å². The summed E-state index contributed by atoms with van der Waals surface area (Å²) in [6, 6.07) is 23.8. The van der Waals surface area contributed by atoms with Gasteiger partial charge in [-0.05, 0) is 85.6 Å². The maximum Gasteiger partial charge on any atom is 0.160 e. The number of hydrogen-bond donors (Lipinski definition) is 0. The molecule has 10 heteroatoms. The third-order valence-electron chi connectivity index (χ3n) is 7.46. The van der Waals surface area contributed by atoms with Crippen molar-refractivity contribution in [1.29, 1.82) is 0 Å². The maximum absolute atomic E-state index is 11.3. The third-order valence-corrected chi connectivity index (χ3v) is 11.6. The zero-order valence-electron chi connectivity index (χ0n) is 23.6. The molecule has 0 bridgehead atoms. The lowest BCUT2D eigenvalue weighted by molar-refractivity contribution is 0.111.